The van der Waals surface area contributed by atoms with E-state index in [0.29, 0.717) is 30.9 Å². The lowest BCUT2D eigenvalue weighted by Gasteiger charge is -2.05. The third-order valence-corrected chi connectivity index (χ3v) is 2.61. The van der Waals surface area contributed by atoms with Gasteiger partial charge >= 0.3 is 0 Å². The van der Waals surface area contributed by atoms with E-state index in [2.05, 4.69) is 21.5 Å². The molecule has 2 aromatic rings. The molecule has 0 atom stereocenters. The number of nitrogens with zero attached hydrogens (tertiary/aromatic N) is 3. The molecule has 3 N–H and O–H groups in total. The molecule has 0 saturated carbocycles. The number of rotatable bonds is 6. The maximum Gasteiger partial charge on any atom is 0.271 e. The van der Waals surface area contributed by atoms with E-state index in [4.69, 9.17) is 15.7 Å². The van der Waals surface area contributed by atoms with E-state index >= 15 is 0 Å². The molecule has 0 fully saturated rings. The van der Waals surface area contributed by atoms with E-state index in [1.165, 1.54) is 0 Å². The summed E-state index contributed by atoms with van der Waals surface area (Å²) in [4.78, 5) is 11.2. The number of aromatic nitrogens is 3. The Morgan fingerprint density at radius 1 is 1.35 bits per heavy atom. The van der Waals surface area contributed by atoms with E-state index in [-0.39, 0.29) is 5.69 Å². The van der Waals surface area contributed by atoms with Crippen molar-refractivity contribution < 1.29 is 9.53 Å². The van der Waals surface area contributed by atoms with Gasteiger partial charge in [-0.1, -0.05) is 0 Å². The predicted molar refractivity (Wildman–Crippen MR) is 70.7 cm³/mol. The van der Waals surface area contributed by atoms with Gasteiger partial charge in [-0.25, -0.2) is 0 Å². The lowest BCUT2D eigenvalue weighted by atomic mass is 10.1. The van der Waals surface area contributed by atoms with Crippen LogP contribution in [-0.2, 0) is 0 Å². The second-order valence-corrected chi connectivity index (χ2v) is 4.02. The fourth-order valence-corrected chi connectivity index (χ4v) is 1.65. The molecule has 7 nitrogen and oxygen atoms in total. The summed E-state index contributed by atoms with van der Waals surface area (Å²) in [6, 6.07) is 9.12. The highest BCUT2D eigenvalue weighted by Gasteiger charge is 2.14. The first-order valence-electron chi connectivity index (χ1n) is 6.03. The van der Waals surface area contributed by atoms with Gasteiger partial charge in [0, 0.05) is 12.0 Å². The van der Waals surface area contributed by atoms with Crippen molar-refractivity contribution in [2.45, 2.75) is 12.8 Å². The van der Waals surface area contributed by atoms with Crippen LogP contribution in [0.15, 0.2) is 24.3 Å². The number of nitriles is 1. The molecule has 0 aliphatic rings. The zero-order valence-electron chi connectivity index (χ0n) is 10.7. The van der Waals surface area contributed by atoms with Gasteiger partial charge in [-0.15, -0.1) is 0 Å². The van der Waals surface area contributed by atoms with Crippen molar-refractivity contribution in [3.63, 3.8) is 0 Å². The van der Waals surface area contributed by atoms with Crippen LogP contribution in [0, 0.1) is 11.3 Å². The van der Waals surface area contributed by atoms with Gasteiger partial charge in [-0.05, 0) is 30.7 Å². The Hall–Kier alpha value is -2.88. The molecule has 1 aromatic heterocycles. The van der Waals surface area contributed by atoms with E-state index in [1.807, 2.05) is 0 Å². The Bertz CT molecular complexity index is 627. The second kappa shape index (κ2) is 6.33. The second-order valence-electron chi connectivity index (χ2n) is 4.02. The normalized spacial score (nSPS) is 9.95. The first-order chi connectivity index (χ1) is 9.72. The molecule has 0 saturated heterocycles. The highest BCUT2D eigenvalue weighted by atomic mass is 16.5. The molecule has 1 heterocycles. The smallest absolute Gasteiger partial charge is 0.271 e. The molecule has 0 spiro atoms. The van der Waals surface area contributed by atoms with Crippen molar-refractivity contribution >= 4 is 5.91 Å². The number of nitrogens with two attached hydrogens (primary N) is 1. The standard InChI is InChI=1S/C13H13N5O2/c14-7-1-2-8-20-10-5-3-9(4-6-10)11-12(13(15)19)17-18-16-11/h3-6H,1-2,8H2,(H2,15,19)(H,16,17,18). The van der Waals surface area contributed by atoms with E-state index in [9.17, 15) is 4.79 Å². The van der Waals surface area contributed by atoms with Crippen molar-refractivity contribution in [1.82, 2.24) is 15.4 Å². The molecule has 7 heteroatoms. The number of amides is 1. The molecule has 1 aromatic carbocycles. The lowest BCUT2D eigenvalue weighted by molar-refractivity contribution is 0.0996. The van der Waals surface area contributed by atoms with Gasteiger partial charge in [0.15, 0.2) is 5.69 Å². The van der Waals surface area contributed by atoms with Crippen LogP contribution in [0.4, 0.5) is 0 Å². The first kappa shape index (κ1) is 13.5. The minimum atomic E-state index is -0.634. The number of carbonyl (C=O) groups is 1. The Kier molecular flexibility index (Phi) is 4.29. The fraction of sp³-hybridized carbons (Fsp3) is 0.231. The quantitative estimate of drug-likeness (QED) is 0.766. The van der Waals surface area contributed by atoms with Crippen molar-refractivity contribution in [3.8, 4) is 23.1 Å². The summed E-state index contributed by atoms with van der Waals surface area (Å²) in [6.07, 6.45) is 1.16. The highest BCUT2D eigenvalue weighted by Crippen LogP contribution is 2.22. The summed E-state index contributed by atoms with van der Waals surface area (Å²) in [6.45, 7) is 0.489. The summed E-state index contributed by atoms with van der Waals surface area (Å²) in [7, 11) is 0. The van der Waals surface area contributed by atoms with Gasteiger partial charge in [-0.2, -0.15) is 20.7 Å². The topological polar surface area (TPSA) is 118 Å². The van der Waals surface area contributed by atoms with Crippen molar-refractivity contribution in [2.75, 3.05) is 6.61 Å². The Morgan fingerprint density at radius 2 is 2.10 bits per heavy atom. The lowest BCUT2D eigenvalue weighted by Crippen LogP contribution is -2.12. The average molecular weight is 271 g/mol. The molecular weight excluding hydrogens is 258 g/mol. The Labute approximate surface area is 115 Å². The van der Waals surface area contributed by atoms with Gasteiger partial charge < -0.3 is 10.5 Å². The highest BCUT2D eigenvalue weighted by molar-refractivity contribution is 5.96. The molecule has 2 rings (SSSR count). The molecule has 0 bridgehead atoms. The van der Waals surface area contributed by atoms with Crippen molar-refractivity contribution in [2.24, 2.45) is 5.73 Å². The molecule has 20 heavy (non-hydrogen) atoms. The number of primary amides is 1. The number of ether oxygens (including phenoxy) is 1. The van der Waals surface area contributed by atoms with Crippen molar-refractivity contribution in [1.29, 1.82) is 5.26 Å². The summed E-state index contributed by atoms with van der Waals surface area (Å²) < 4.78 is 5.47. The SMILES string of the molecule is N#CCCCOc1ccc(-c2n[nH]nc2C(N)=O)cc1. The maximum absolute atomic E-state index is 11.2. The average Bonchev–Trinajstić information content (AvgIpc) is 2.94. The Morgan fingerprint density at radius 3 is 2.75 bits per heavy atom. The maximum atomic E-state index is 11.2. The van der Waals surface area contributed by atoms with Crippen LogP contribution in [0.1, 0.15) is 23.3 Å². The zero-order chi connectivity index (χ0) is 14.4. The van der Waals surface area contributed by atoms with Crippen LogP contribution < -0.4 is 10.5 Å². The molecule has 0 radical (unpaired) electrons. The number of carbonyl (C=O) groups excluding carboxylic acids is 1. The van der Waals surface area contributed by atoms with E-state index in [1.54, 1.807) is 24.3 Å². The number of unbranched alkanes of at least 4 members (excludes halogenated alkanes) is 1. The van der Waals surface area contributed by atoms with Gasteiger partial charge in [-0.3, -0.25) is 4.79 Å². The first-order valence-corrected chi connectivity index (χ1v) is 6.03. The molecule has 1 amide bonds. The van der Waals surface area contributed by atoms with E-state index < -0.39 is 5.91 Å². The zero-order valence-corrected chi connectivity index (χ0v) is 10.7. The largest absolute Gasteiger partial charge is 0.494 e. The van der Waals surface area contributed by atoms with Gasteiger partial charge in [0.1, 0.15) is 11.4 Å². The molecule has 102 valence electrons. The van der Waals surface area contributed by atoms with Crippen LogP contribution in [-0.4, -0.2) is 27.9 Å². The predicted octanol–water partition coefficient (Wildman–Crippen LogP) is 1.25. The molecular formula is C13H13N5O2. The fourth-order valence-electron chi connectivity index (χ4n) is 1.65. The van der Waals surface area contributed by atoms with E-state index in [0.717, 1.165) is 5.56 Å². The summed E-state index contributed by atoms with van der Waals surface area (Å²) in [5.41, 5.74) is 6.44. The minimum absolute atomic E-state index is 0.104. The number of benzene rings is 1. The number of hydrogen-bond acceptors (Lipinski definition) is 5. The minimum Gasteiger partial charge on any atom is -0.494 e. The molecule has 0 aliphatic heterocycles. The summed E-state index contributed by atoms with van der Waals surface area (Å²) >= 11 is 0. The number of H-pyrrole nitrogens is 1. The third kappa shape index (κ3) is 3.11. The molecule has 0 aliphatic carbocycles. The number of nitrogens with one attached hydrogen (secondary N) is 1. The van der Waals surface area contributed by atoms with Crippen LogP contribution in [0.25, 0.3) is 11.3 Å². The number of hydrogen-bond donors (Lipinski definition) is 2. The van der Waals surface area contributed by atoms with Crippen molar-refractivity contribution in [3.05, 3.63) is 30.0 Å². The number of aromatic amines is 1. The summed E-state index contributed by atoms with van der Waals surface area (Å²) in [5.74, 6) is 0.0568. The Balaban J connectivity index is 2.06. The van der Waals surface area contributed by atoms with Crippen LogP contribution >= 0.6 is 0 Å². The van der Waals surface area contributed by atoms with Crippen LogP contribution in [0.5, 0.6) is 5.75 Å². The van der Waals surface area contributed by atoms with Gasteiger partial charge in [0.05, 0.1) is 12.7 Å². The summed E-state index contributed by atoms with van der Waals surface area (Å²) in [5, 5.41) is 18.4. The third-order valence-electron chi connectivity index (χ3n) is 2.61. The van der Waals surface area contributed by atoms with Crippen LogP contribution in [0.2, 0.25) is 0 Å². The van der Waals surface area contributed by atoms with Gasteiger partial charge in [0.2, 0.25) is 0 Å². The monoisotopic (exact) mass is 271 g/mol. The molecule has 0 unspecified atom stereocenters. The van der Waals surface area contributed by atoms with Gasteiger partial charge in [0.25, 0.3) is 5.91 Å². The van der Waals surface area contributed by atoms with Crippen LogP contribution in [0.3, 0.4) is 0 Å².